The standard InChI is InChI=1S/C12H26O4S.C6H6.Ca.2H/c1-2-3-4-5-6-7-8-9-10-11-12-16-17(13,14)15;1-2-4-6-5-3-1;;;/h2-12H2,1H3,(H,13,14,15);1-6H;;;/q;;+2;2*-1. The Labute approximate surface area is 181 Å². The van der Waals surface area contributed by atoms with Crippen LogP contribution < -0.4 is 0 Å². The van der Waals surface area contributed by atoms with Gasteiger partial charge in [-0.25, -0.2) is 4.18 Å². The minimum Gasteiger partial charge on any atom is -1.00 e. The van der Waals surface area contributed by atoms with Crippen molar-refractivity contribution in [2.45, 2.75) is 71.1 Å². The van der Waals surface area contributed by atoms with E-state index >= 15 is 0 Å². The number of benzene rings is 1. The van der Waals surface area contributed by atoms with Crippen molar-refractivity contribution in [3.05, 3.63) is 36.4 Å². The van der Waals surface area contributed by atoms with Gasteiger partial charge in [0.1, 0.15) is 0 Å². The minimum absolute atomic E-state index is 0. The van der Waals surface area contributed by atoms with Crippen molar-refractivity contribution in [2.75, 3.05) is 6.61 Å². The molecule has 0 fully saturated rings. The molecule has 0 spiro atoms. The van der Waals surface area contributed by atoms with Gasteiger partial charge in [-0.15, -0.1) is 0 Å². The second kappa shape index (κ2) is 19.7. The predicted molar refractivity (Wildman–Crippen MR) is 104 cm³/mol. The van der Waals surface area contributed by atoms with E-state index in [1.54, 1.807) is 0 Å². The summed E-state index contributed by atoms with van der Waals surface area (Å²) in [6, 6.07) is 12.0. The third kappa shape index (κ3) is 24.6. The van der Waals surface area contributed by atoms with Crippen LogP contribution in [0.3, 0.4) is 0 Å². The largest absolute Gasteiger partial charge is 2.00 e. The summed E-state index contributed by atoms with van der Waals surface area (Å²) in [5.41, 5.74) is 0. The Morgan fingerprint density at radius 3 is 1.42 bits per heavy atom. The molecule has 0 amide bonds. The number of hydrogen-bond donors (Lipinski definition) is 1. The van der Waals surface area contributed by atoms with Crippen molar-refractivity contribution < 1.29 is 20.0 Å². The minimum atomic E-state index is -4.23. The molecule has 0 atom stereocenters. The average Bonchev–Trinajstić information content (AvgIpc) is 2.54. The Balaban J connectivity index is -0.000000229. The smallest absolute Gasteiger partial charge is 1.00 e. The molecule has 1 N–H and O–H groups in total. The van der Waals surface area contributed by atoms with Gasteiger partial charge in [0.05, 0.1) is 6.61 Å². The summed E-state index contributed by atoms with van der Waals surface area (Å²) >= 11 is 0. The molecular formula is C18H34CaO4S. The first-order valence-electron chi connectivity index (χ1n) is 8.68. The fraction of sp³-hybridized carbons (Fsp3) is 0.667. The molecule has 0 radical (unpaired) electrons. The molecule has 1 rings (SSSR count). The van der Waals surface area contributed by atoms with E-state index in [1.165, 1.54) is 44.9 Å². The normalized spacial score (nSPS) is 10.4. The SMILES string of the molecule is CCCCCCCCCCCCOS(=O)(=O)O.[Ca+2].[H-].[H-].c1ccccc1. The van der Waals surface area contributed by atoms with Crippen molar-refractivity contribution in [3.63, 3.8) is 0 Å². The maximum atomic E-state index is 10.2. The van der Waals surface area contributed by atoms with Crippen molar-refractivity contribution in [2.24, 2.45) is 0 Å². The van der Waals surface area contributed by atoms with Gasteiger partial charge < -0.3 is 2.85 Å². The van der Waals surface area contributed by atoms with Crippen LogP contribution in [0.4, 0.5) is 0 Å². The van der Waals surface area contributed by atoms with E-state index in [-0.39, 0.29) is 47.2 Å². The van der Waals surface area contributed by atoms with Crippen LogP contribution in [-0.2, 0) is 14.6 Å². The molecule has 0 heterocycles. The molecule has 24 heavy (non-hydrogen) atoms. The first-order valence-corrected chi connectivity index (χ1v) is 10.0. The zero-order chi connectivity index (χ0) is 17.2. The fourth-order valence-electron chi connectivity index (χ4n) is 2.14. The second-order valence-electron chi connectivity index (χ2n) is 5.59. The molecule has 4 nitrogen and oxygen atoms in total. The van der Waals surface area contributed by atoms with E-state index < -0.39 is 10.4 Å². The molecule has 0 aliphatic rings. The summed E-state index contributed by atoms with van der Waals surface area (Å²) in [7, 11) is -4.23. The first kappa shape index (κ1) is 26.6. The molecule has 0 aromatic heterocycles. The molecule has 0 saturated heterocycles. The number of rotatable bonds is 12. The molecular weight excluding hydrogens is 352 g/mol. The van der Waals surface area contributed by atoms with Crippen molar-refractivity contribution in [1.29, 1.82) is 0 Å². The van der Waals surface area contributed by atoms with Crippen LogP contribution in [0.25, 0.3) is 0 Å². The van der Waals surface area contributed by atoms with Gasteiger partial charge in [0.25, 0.3) is 0 Å². The Morgan fingerprint density at radius 1 is 0.750 bits per heavy atom. The topological polar surface area (TPSA) is 63.6 Å². The van der Waals surface area contributed by atoms with Crippen molar-refractivity contribution in [3.8, 4) is 0 Å². The molecule has 0 saturated carbocycles. The summed E-state index contributed by atoms with van der Waals surface area (Å²) in [4.78, 5) is 0. The van der Waals surface area contributed by atoms with E-state index in [0.29, 0.717) is 6.42 Å². The van der Waals surface area contributed by atoms with E-state index in [1.807, 2.05) is 36.4 Å². The monoisotopic (exact) mass is 386 g/mol. The molecule has 1 aromatic rings. The summed E-state index contributed by atoms with van der Waals surface area (Å²) in [5.74, 6) is 0. The van der Waals surface area contributed by atoms with Gasteiger partial charge in [0, 0.05) is 0 Å². The second-order valence-corrected chi connectivity index (χ2v) is 6.68. The van der Waals surface area contributed by atoms with Crippen LogP contribution in [0.2, 0.25) is 0 Å². The van der Waals surface area contributed by atoms with E-state index in [9.17, 15) is 8.42 Å². The molecule has 0 aliphatic heterocycles. The Bertz CT molecular complexity index is 421. The Kier molecular flexibility index (Phi) is 21.8. The van der Waals surface area contributed by atoms with Gasteiger partial charge in [-0.05, 0) is 6.42 Å². The van der Waals surface area contributed by atoms with Gasteiger partial charge in [-0.1, -0.05) is 101 Å². The molecule has 0 unspecified atom stereocenters. The van der Waals surface area contributed by atoms with E-state index in [0.717, 1.165) is 12.8 Å². The first-order chi connectivity index (χ1) is 11.1. The summed E-state index contributed by atoms with van der Waals surface area (Å²) < 4.78 is 33.0. The quantitative estimate of drug-likeness (QED) is 0.302. The molecule has 0 bridgehead atoms. The van der Waals surface area contributed by atoms with E-state index in [2.05, 4.69) is 11.1 Å². The number of hydrogen-bond acceptors (Lipinski definition) is 3. The van der Waals surface area contributed by atoms with Gasteiger partial charge in [0.2, 0.25) is 0 Å². The van der Waals surface area contributed by atoms with Gasteiger partial charge in [0.15, 0.2) is 0 Å². The fourth-order valence-corrected chi connectivity index (χ4v) is 2.47. The third-order valence-corrected chi connectivity index (χ3v) is 3.86. The maximum absolute atomic E-state index is 10.2. The molecule has 0 aliphatic carbocycles. The predicted octanol–water partition coefficient (Wildman–Crippen LogP) is 5.26. The maximum Gasteiger partial charge on any atom is 2.00 e. The Hall–Kier alpha value is 0.350. The summed E-state index contributed by atoms with van der Waals surface area (Å²) in [5, 5.41) is 0. The number of unbranched alkanes of at least 4 members (excludes halogenated alkanes) is 9. The average molecular weight is 387 g/mol. The molecule has 1 aromatic carbocycles. The van der Waals surface area contributed by atoms with Crippen molar-refractivity contribution in [1.82, 2.24) is 0 Å². The van der Waals surface area contributed by atoms with Crippen LogP contribution in [-0.4, -0.2) is 57.3 Å². The van der Waals surface area contributed by atoms with Crippen LogP contribution in [0.5, 0.6) is 0 Å². The van der Waals surface area contributed by atoms with Crippen LogP contribution in [0, 0.1) is 0 Å². The zero-order valence-electron chi connectivity index (χ0n) is 17.0. The van der Waals surface area contributed by atoms with Gasteiger partial charge >= 0.3 is 48.1 Å². The zero-order valence-corrected chi connectivity index (χ0v) is 18.1. The van der Waals surface area contributed by atoms with Gasteiger partial charge in [-0.2, -0.15) is 8.42 Å². The van der Waals surface area contributed by atoms with Crippen LogP contribution >= 0.6 is 0 Å². The van der Waals surface area contributed by atoms with Crippen LogP contribution in [0.1, 0.15) is 74.0 Å². The summed E-state index contributed by atoms with van der Waals surface area (Å²) in [6.45, 7) is 2.31. The Morgan fingerprint density at radius 2 is 1.08 bits per heavy atom. The van der Waals surface area contributed by atoms with Crippen LogP contribution in [0.15, 0.2) is 36.4 Å². The van der Waals surface area contributed by atoms with E-state index in [4.69, 9.17) is 4.55 Å². The van der Waals surface area contributed by atoms with Gasteiger partial charge in [-0.3, -0.25) is 4.55 Å². The third-order valence-electron chi connectivity index (χ3n) is 3.40. The van der Waals surface area contributed by atoms with Crippen molar-refractivity contribution >= 4 is 48.1 Å². The summed E-state index contributed by atoms with van der Waals surface area (Å²) in [6.07, 6.45) is 11.9. The molecule has 6 heteroatoms. The molecule has 138 valence electrons.